The molecule has 1 unspecified atom stereocenters. The first-order valence-electron chi connectivity index (χ1n) is 11.0. The lowest BCUT2D eigenvalue weighted by atomic mass is 9.73. The number of carbonyl (C=O) groups is 1. The number of aromatic hydroxyl groups is 1. The number of anilines is 1. The zero-order valence-corrected chi connectivity index (χ0v) is 20.2. The van der Waals surface area contributed by atoms with E-state index in [1.165, 1.54) is 13.2 Å². The first-order valence-corrected chi connectivity index (χ1v) is 12.4. The SMILES string of the molecule is COc1ccc(C(=O)C2(c3ccccc3NS(=O)(=O)c3ccc(C)cc3)CCN(C)C2)c(O)c1. The molecule has 0 bridgehead atoms. The molecule has 1 aliphatic heterocycles. The smallest absolute Gasteiger partial charge is 0.261 e. The number of aryl methyl sites for hydroxylation is 1. The quantitative estimate of drug-likeness (QED) is 0.497. The Labute approximate surface area is 200 Å². The van der Waals surface area contributed by atoms with E-state index in [9.17, 15) is 18.3 Å². The van der Waals surface area contributed by atoms with Crippen LogP contribution in [-0.2, 0) is 15.4 Å². The number of likely N-dealkylation sites (tertiary alicyclic amines) is 1. The maximum Gasteiger partial charge on any atom is 0.261 e. The van der Waals surface area contributed by atoms with Gasteiger partial charge in [0.1, 0.15) is 11.5 Å². The molecule has 0 radical (unpaired) electrons. The van der Waals surface area contributed by atoms with Crippen LogP contribution >= 0.6 is 0 Å². The Kier molecular flexibility index (Phi) is 6.38. The predicted octanol–water partition coefficient (Wildman–Crippen LogP) is 3.97. The number of hydrogen-bond donors (Lipinski definition) is 2. The highest BCUT2D eigenvalue weighted by molar-refractivity contribution is 7.92. The Hall–Kier alpha value is -3.36. The van der Waals surface area contributed by atoms with Gasteiger partial charge < -0.3 is 14.7 Å². The number of nitrogens with zero attached hydrogens (tertiary/aromatic N) is 1. The second-order valence-corrected chi connectivity index (χ2v) is 10.4. The van der Waals surface area contributed by atoms with E-state index in [0.717, 1.165) is 5.56 Å². The standard InChI is InChI=1S/C26H28N2O5S/c1-18-8-11-20(12-9-18)34(31,32)27-23-7-5-4-6-22(23)26(14-15-28(2)17-26)25(30)21-13-10-19(33-3)16-24(21)29/h4-13,16,27,29H,14-15,17H2,1-3H3. The molecule has 34 heavy (non-hydrogen) atoms. The molecule has 1 fully saturated rings. The zero-order valence-electron chi connectivity index (χ0n) is 19.4. The summed E-state index contributed by atoms with van der Waals surface area (Å²) in [5.41, 5.74) is 1.02. The number of sulfonamides is 1. The molecule has 1 aliphatic rings. The van der Waals surface area contributed by atoms with Gasteiger partial charge in [-0.3, -0.25) is 9.52 Å². The molecule has 8 heteroatoms. The minimum atomic E-state index is -3.87. The van der Waals surface area contributed by atoms with Crippen LogP contribution in [0.4, 0.5) is 5.69 Å². The minimum Gasteiger partial charge on any atom is -0.507 e. The molecule has 0 spiro atoms. The summed E-state index contributed by atoms with van der Waals surface area (Å²) in [5, 5.41) is 10.6. The molecule has 2 N–H and O–H groups in total. The van der Waals surface area contributed by atoms with E-state index < -0.39 is 15.4 Å². The molecular formula is C26H28N2O5S. The number of ether oxygens (including phenoxy) is 1. The van der Waals surface area contributed by atoms with E-state index in [2.05, 4.69) is 4.72 Å². The van der Waals surface area contributed by atoms with Crippen LogP contribution < -0.4 is 9.46 Å². The molecule has 178 valence electrons. The molecule has 1 heterocycles. The number of Topliss-reactive ketones (excluding diaryl/α,β-unsaturated/α-hetero) is 1. The van der Waals surface area contributed by atoms with Crippen molar-refractivity contribution < 1.29 is 23.1 Å². The van der Waals surface area contributed by atoms with Crippen LogP contribution in [-0.4, -0.2) is 51.5 Å². The van der Waals surface area contributed by atoms with Crippen molar-refractivity contribution in [2.45, 2.75) is 23.7 Å². The second-order valence-electron chi connectivity index (χ2n) is 8.75. The van der Waals surface area contributed by atoms with Gasteiger partial charge in [-0.1, -0.05) is 35.9 Å². The van der Waals surface area contributed by atoms with Crippen LogP contribution in [0.3, 0.4) is 0 Å². The summed E-state index contributed by atoms with van der Waals surface area (Å²) in [4.78, 5) is 16.1. The van der Waals surface area contributed by atoms with Gasteiger partial charge in [0.25, 0.3) is 10.0 Å². The van der Waals surface area contributed by atoms with Crippen molar-refractivity contribution in [1.29, 1.82) is 0 Å². The Morgan fingerprint density at radius 1 is 1.09 bits per heavy atom. The monoisotopic (exact) mass is 480 g/mol. The number of rotatable bonds is 7. The number of hydrogen-bond acceptors (Lipinski definition) is 6. The molecule has 0 saturated carbocycles. The van der Waals surface area contributed by atoms with Crippen LogP contribution in [0.2, 0.25) is 0 Å². The van der Waals surface area contributed by atoms with Crippen LogP contribution in [0.15, 0.2) is 71.6 Å². The maximum absolute atomic E-state index is 14.0. The van der Waals surface area contributed by atoms with E-state index in [1.807, 2.05) is 18.9 Å². The third-order valence-corrected chi connectivity index (χ3v) is 7.74. The van der Waals surface area contributed by atoms with Crippen molar-refractivity contribution in [3.05, 3.63) is 83.4 Å². The molecule has 1 saturated heterocycles. The number of phenols is 1. The number of para-hydroxylation sites is 1. The lowest BCUT2D eigenvalue weighted by Crippen LogP contribution is -2.39. The molecule has 0 amide bonds. The van der Waals surface area contributed by atoms with Crippen LogP contribution in [0.25, 0.3) is 0 Å². The minimum absolute atomic E-state index is 0.143. The van der Waals surface area contributed by atoms with Crippen molar-refractivity contribution in [3.63, 3.8) is 0 Å². The highest BCUT2D eigenvalue weighted by Gasteiger charge is 2.47. The Morgan fingerprint density at radius 3 is 2.41 bits per heavy atom. The highest BCUT2D eigenvalue weighted by Crippen LogP contribution is 2.43. The van der Waals surface area contributed by atoms with E-state index in [0.29, 0.717) is 36.5 Å². The van der Waals surface area contributed by atoms with Gasteiger partial charge in [-0.15, -0.1) is 0 Å². The molecule has 1 atom stereocenters. The number of methoxy groups -OCH3 is 1. The molecular weight excluding hydrogens is 452 g/mol. The summed E-state index contributed by atoms with van der Waals surface area (Å²) in [6.07, 6.45) is 0.483. The van der Waals surface area contributed by atoms with Gasteiger partial charge in [0.15, 0.2) is 5.78 Å². The normalized spacial score (nSPS) is 18.6. The number of nitrogens with one attached hydrogen (secondary N) is 1. The Balaban J connectivity index is 1.79. The molecule has 3 aromatic rings. The molecule has 4 rings (SSSR count). The summed E-state index contributed by atoms with van der Waals surface area (Å²) < 4.78 is 34.2. The largest absolute Gasteiger partial charge is 0.507 e. The van der Waals surface area contributed by atoms with Crippen LogP contribution in [0.1, 0.15) is 27.9 Å². The van der Waals surface area contributed by atoms with Gasteiger partial charge in [-0.2, -0.15) is 0 Å². The summed E-state index contributed by atoms with van der Waals surface area (Å²) in [5.74, 6) is 0.00730. The van der Waals surface area contributed by atoms with Crippen molar-refractivity contribution in [2.75, 3.05) is 32.0 Å². The predicted molar refractivity (Wildman–Crippen MR) is 131 cm³/mol. The van der Waals surface area contributed by atoms with Crippen molar-refractivity contribution >= 4 is 21.5 Å². The topological polar surface area (TPSA) is 95.9 Å². The lowest BCUT2D eigenvalue weighted by molar-refractivity contribution is 0.0886. The van der Waals surface area contributed by atoms with Crippen molar-refractivity contribution in [3.8, 4) is 11.5 Å². The van der Waals surface area contributed by atoms with Gasteiger partial charge in [-0.05, 0) is 62.8 Å². The maximum atomic E-state index is 14.0. The average molecular weight is 481 g/mol. The van der Waals surface area contributed by atoms with Gasteiger partial charge in [0.05, 0.1) is 28.7 Å². The fourth-order valence-corrected chi connectivity index (χ4v) is 5.61. The number of ketones is 1. The summed E-state index contributed by atoms with van der Waals surface area (Å²) in [6.45, 7) is 2.93. The number of benzene rings is 3. The fourth-order valence-electron chi connectivity index (χ4n) is 4.53. The number of carbonyl (C=O) groups excluding carboxylic acids is 1. The van der Waals surface area contributed by atoms with Gasteiger partial charge in [-0.25, -0.2) is 8.42 Å². The van der Waals surface area contributed by atoms with Crippen LogP contribution in [0.5, 0.6) is 11.5 Å². The van der Waals surface area contributed by atoms with Gasteiger partial charge >= 0.3 is 0 Å². The number of phenolic OH excluding ortho intramolecular Hbond substituents is 1. The van der Waals surface area contributed by atoms with Gasteiger partial charge in [0, 0.05) is 12.6 Å². The molecule has 0 aromatic heterocycles. The molecule has 0 aliphatic carbocycles. The van der Waals surface area contributed by atoms with E-state index in [-0.39, 0.29) is 22.0 Å². The Morgan fingerprint density at radius 2 is 1.79 bits per heavy atom. The number of likely N-dealkylation sites (N-methyl/N-ethyl adjacent to an activating group) is 1. The fraction of sp³-hybridized carbons (Fsp3) is 0.269. The van der Waals surface area contributed by atoms with Crippen LogP contribution in [0, 0.1) is 6.92 Å². The van der Waals surface area contributed by atoms with Gasteiger partial charge in [0.2, 0.25) is 0 Å². The summed E-state index contributed by atoms with van der Waals surface area (Å²) in [7, 11) is -0.466. The Bertz CT molecular complexity index is 1320. The summed E-state index contributed by atoms with van der Waals surface area (Å²) in [6, 6.07) is 18.2. The highest BCUT2D eigenvalue weighted by atomic mass is 32.2. The molecule has 3 aromatic carbocycles. The van der Waals surface area contributed by atoms with Crippen molar-refractivity contribution in [2.24, 2.45) is 0 Å². The third-order valence-electron chi connectivity index (χ3n) is 6.36. The van der Waals surface area contributed by atoms with E-state index >= 15 is 0 Å². The lowest BCUT2D eigenvalue weighted by Gasteiger charge is -2.31. The zero-order chi connectivity index (χ0) is 24.5. The van der Waals surface area contributed by atoms with E-state index in [1.54, 1.807) is 60.7 Å². The first-order chi connectivity index (χ1) is 16.2. The first kappa shape index (κ1) is 23.8. The van der Waals surface area contributed by atoms with E-state index in [4.69, 9.17) is 4.74 Å². The summed E-state index contributed by atoms with van der Waals surface area (Å²) >= 11 is 0. The second kappa shape index (κ2) is 9.12. The molecule has 7 nitrogen and oxygen atoms in total. The van der Waals surface area contributed by atoms with Crippen molar-refractivity contribution in [1.82, 2.24) is 4.90 Å². The third kappa shape index (κ3) is 4.38. The average Bonchev–Trinajstić information content (AvgIpc) is 3.21.